The van der Waals surface area contributed by atoms with Crippen LogP contribution in [0.15, 0.2) is 12.1 Å². The first-order valence-corrected chi connectivity index (χ1v) is 7.75. The van der Waals surface area contributed by atoms with Crippen molar-refractivity contribution >= 4 is 28.3 Å². The zero-order chi connectivity index (χ0) is 17.8. The van der Waals surface area contributed by atoms with Gasteiger partial charge in [-0.3, -0.25) is 14.9 Å². The molecule has 9 heteroatoms. The highest BCUT2D eigenvalue weighted by Gasteiger charge is 2.25. The molecule has 0 atom stereocenters. The highest BCUT2D eigenvalue weighted by Crippen LogP contribution is 2.24. The molecule has 0 spiro atoms. The van der Waals surface area contributed by atoms with E-state index < -0.39 is 28.1 Å². The first kappa shape index (κ1) is 18.9. The Morgan fingerprint density at radius 3 is 2.35 bits per heavy atom. The average molecular weight is 343 g/mol. The molecule has 1 heterocycles. The molecule has 23 heavy (non-hydrogen) atoms. The number of nitro groups is 1. The number of hydrogen-bond acceptors (Lipinski definition) is 6. The van der Waals surface area contributed by atoms with E-state index in [0.717, 1.165) is 11.3 Å². The van der Waals surface area contributed by atoms with Crippen molar-refractivity contribution in [1.82, 2.24) is 10.6 Å². The van der Waals surface area contributed by atoms with E-state index in [4.69, 9.17) is 4.74 Å². The smallest absolute Gasteiger partial charge is 0.407 e. The van der Waals surface area contributed by atoms with Crippen LogP contribution >= 0.6 is 11.3 Å². The molecule has 0 unspecified atom stereocenters. The van der Waals surface area contributed by atoms with Gasteiger partial charge < -0.3 is 15.4 Å². The van der Waals surface area contributed by atoms with Crippen LogP contribution in [-0.4, -0.2) is 34.6 Å². The van der Waals surface area contributed by atoms with Crippen molar-refractivity contribution in [3.05, 3.63) is 27.1 Å². The van der Waals surface area contributed by atoms with Gasteiger partial charge >= 0.3 is 11.1 Å². The van der Waals surface area contributed by atoms with Crippen LogP contribution in [0.1, 0.15) is 44.3 Å². The van der Waals surface area contributed by atoms with Gasteiger partial charge in [0.1, 0.15) is 5.60 Å². The third-order valence-corrected chi connectivity index (χ3v) is 3.56. The summed E-state index contributed by atoms with van der Waals surface area (Å²) >= 11 is 0.799. The van der Waals surface area contributed by atoms with Crippen molar-refractivity contribution in [3.63, 3.8) is 0 Å². The van der Waals surface area contributed by atoms with Gasteiger partial charge in [-0.1, -0.05) is 11.3 Å². The Balaban J connectivity index is 2.58. The Labute approximate surface area is 138 Å². The lowest BCUT2D eigenvalue weighted by Crippen LogP contribution is -2.51. The van der Waals surface area contributed by atoms with Gasteiger partial charge in [0.2, 0.25) is 0 Å². The minimum atomic E-state index is -0.743. The molecule has 0 fully saturated rings. The summed E-state index contributed by atoms with van der Waals surface area (Å²) in [5, 5.41) is 15.8. The Morgan fingerprint density at radius 2 is 1.87 bits per heavy atom. The van der Waals surface area contributed by atoms with Crippen molar-refractivity contribution in [2.45, 2.75) is 45.8 Å². The Bertz CT molecular complexity index is 604. The minimum absolute atomic E-state index is 0.0974. The maximum absolute atomic E-state index is 12.1. The number of ether oxygens (including phenoxy) is 1. The predicted molar refractivity (Wildman–Crippen MR) is 86.8 cm³/mol. The molecule has 128 valence electrons. The van der Waals surface area contributed by atoms with Crippen molar-refractivity contribution in [1.29, 1.82) is 0 Å². The molecule has 2 amide bonds. The van der Waals surface area contributed by atoms with Crippen LogP contribution in [0.4, 0.5) is 9.80 Å². The molecule has 0 radical (unpaired) electrons. The molecular formula is C14H21N3O5S. The van der Waals surface area contributed by atoms with Crippen LogP contribution in [0.25, 0.3) is 0 Å². The molecule has 0 aliphatic rings. The second-order valence-corrected chi connectivity index (χ2v) is 7.65. The fourth-order valence-corrected chi connectivity index (χ4v) is 2.28. The minimum Gasteiger partial charge on any atom is -0.444 e. The quantitative estimate of drug-likeness (QED) is 0.631. The van der Waals surface area contributed by atoms with Crippen LogP contribution in [0.3, 0.4) is 0 Å². The van der Waals surface area contributed by atoms with E-state index in [1.54, 1.807) is 34.6 Å². The summed E-state index contributed by atoms with van der Waals surface area (Å²) < 4.78 is 5.12. The summed E-state index contributed by atoms with van der Waals surface area (Å²) in [7, 11) is 0. The molecule has 0 bridgehead atoms. The largest absolute Gasteiger partial charge is 0.444 e. The molecule has 0 aliphatic heterocycles. The number of carbonyl (C=O) groups is 2. The first-order chi connectivity index (χ1) is 10.4. The third kappa shape index (κ3) is 6.64. The first-order valence-electron chi connectivity index (χ1n) is 6.93. The Morgan fingerprint density at radius 1 is 1.26 bits per heavy atom. The Kier molecular flexibility index (Phi) is 5.70. The summed E-state index contributed by atoms with van der Waals surface area (Å²) in [5.74, 6) is -0.431. The lowest BCUT2D eigenvalue weighted by Gasteiger charge is -2.27. The number of rotatable bonds is 5. The lowest BCUT2D eigenvalue weighted by molar-refractivity contribution is -0.380. The average Bonchev–Trinajstić information content (AvgIpc) is 2.83. The zero-order valence-electron chi connectivity index (χ0n) is 13.8. The van der Waals surface area contributed by atoms with Crippen molar-refractivity contribution in [3.8, 4) is 0 Å². The molecular weight excluding hydrogens is 322 g/mol. The summed E-state index contributed by atoms with van der Waals surface area (Å²) in [4.78, 5) is 34.1. The number of thiophene rings is 1. The molecule has 1 rings (SSSR count). The zero-order valence-corrected chi connectivity index (χ0v) is 14.6. The van der Waals surface area contributed by atoms with Crippen molar-refractivity contribution < 1.29 is 19.2 Å². The van der Waals surface area contributed by atoms with Crippen LogP contribution in [0.2, 0.25) is 0 Å². The number of amides is 2. The van der Waals surface area contributed by atoms with E-state index in [9.17, 15) is 19.7 Å². The topological polar surface area (TPSA) is 111 Å². The highest BCUT2D eigenvalue weighted by atomic mass is 32.1. The summed E-state index contributed by atoms with van der Waals surface area (Å²) in [6.45, 7) is 8.87. The molecule has 2 N–H and O–H groups in total. The molecule has 1 aromatic rings. The molecule has 8 nitrogen and oxygen atoms in total. The normalized spacial score (nSPS) is 11.7. The number of nitrogens with one attached hydrogen (secondary N) is 2. The fraction of sp³-hybridized carbons (Fsp3) is 0.571. The van der Waals surface area contributed by atoms with Crippen LogP contribution in [0, 0.1) is 10.1 Å². The van der Waals surface area contributed by atoms with Gasteiger partial charge in [0.05, 0.1) is 15.3 Å². The van der Waals surface area contributed by atoms with Gasteiger partial charge in [-0.05, 0) is 40.7 Å². The van der Waals surface area contributed by atoms with Crippen LogP contribution in [0.5, 0.6) is 0 Å². The predicted octanol–water partition coefficient (Wildman–Crippen LogP) is 2.69. The van der Waals surface area contributed by atoms with Crippen molar-refractivity contribution in [2.24, 2.45) is 0 Å². The molecule has 0 saturated heterocycles. The number of alkyl carbamates (subject to hydrolysis) is 1. The molecule has 1 aromatic heterocycles. The standard InChI is InChI=1S/C14H21N3O5S/c1-13(2,3)22-12(19)15-8-14(4,5)16-11(18)9-6-7-10(23-9)17(20)21/h6-7H,8H2,1-5H3,(H,15,19)(H,16,18). The molecule has 0 saturated carbocycles. The van der Waals surface area contributed by atoms with Gasteiger partial charge in [-0.25, -0.2) is 4.79 Å². The number of hydrogen-bond donors (Lipinski definition) is 2. The van der Waals surface area contributed by atoms with E-state index in [2.05, 4.69) is 10.6 Å². The van der Waals surface area contributed by atoms with Crippen molar-refractivity contribution in [2.75, 3.05) is 6.54 Å². The fourth-order valence-electron chi connectivity index (χ4n) is 1.57. The Hall–Kier alpha value is -2.16. The van der Waals surface area contributed by atoms with E-state index in [1.165, 1.54) is 12.1 Å². The van der Waals surface area contributed by atoms with E-state index in [-0.39, 0.29) is 16.4 Å². The summed E-state index contributed by atoms with van der Waals surface area (Å²) in [5.41, 5.74) is -1.35. The summed E-state index contributed by atoms with van der Waals surface area (Å²) in [6, 6.07) is 2.68. The molecule has 0 aromatic carbocycles. The highest BCUT2D eigenvalue weighted by molar-refractivity contribution is 7.17. The third-order valence-electron chi connectivity index (χ3n) is 2.52. The van der Waals surface area contributed by atoms with Gasteiger partial charge in [-0.15, -0.1) is 0 Å². The van der Waals surface area contributed by atoms with E-state index >= 15 is 0 Å². The maximum atomic E-state index is 12.1. The molecule has 0 aliphatic carbocycles. The monoisotopic (exact) mass is 343 g/mol. The van der Waals surface area contributed by atoms with E-state index in [1.807, 2.05) is 0 Å². The summed E-state index contributed by atoms with van der Waals surface area (Å²) in [6.07, 6.45) is -0.577. The van der Waals surface area contributed by atoms with Gasteiger partial charge in [-0.2, -0.15) is 0 Å². The SMILES string of the molecule is CC(C)(CNC(=O)OC(C)(C)C)NC(=O)c1ccc([N+](=O)[O-])s1. The second kappa shape index (κ2) is 6.95. The lowest BCUT2D eigenvalue weighted by atomic mass is 10.1. The maximum Gasteiger partial charge on any atom is 0.407 e. The van der Waals surface area contributed by atoms with E-state index in [0.29, 0.717) is 0 Å². The number of nitrogens with zero attached hydrogens (tertiary/aromatic N) is 1. The van der Waals surface area contributed by atoms with Gasteiger partial charge in [0.15, 0.2) is 0 Å². The number of carbonyl (C=O) groups excluding carboxylic acids is 2. The second-order valence-electron chi connectivity index (χ2n) is 6.59. The van der Waals surface area contributed by atoms with Crippen LogP contribution < -0.4 is 10.6 Å². The van der Waals surface area contributed by atoms with Gasteiger partial charge in [0, 0.05) is 12.6 Å². The van der Waals surface area contributed by atoms with Gasteiger partial charge in [0.25, 0.3) is 5.91 Å². The van der Waals surface area contributed by atoms with Crippen LogP contribution in [-0.2, 0) is 4.74 Å².